The number of nitrogens with one attached hydrogen (secondary N) is 1. The third-order valence-electron chi connectivity index (χ3n) is 4.31. The minimum Gasteiger partial charge on any atom is -0.462 e. The van der Waals surface area contributed by atoms with Crippen LogP contribution in [0.2, 0.25) is 0 Å². The molecule has 3 rings (SSSR count). The molecule has 1 heterocycles. The Kier molecular flexibility index (Phi) is 7.16. The van der Waals surface area contributed by atoms with Crippen LogP contribution >= 0.6 is 0 Å². The van der Waals surface area contributed by atoms with Gasteiger partial charge in [0.15, 0.2) is 12.0 Å². The van der Waals surface area contributed by atoms with Gasteiger partial charge in [-0.25, -0.2) is 9.59 Å². The largest absolute Gasteiger partial charge is 0.462 e. The smallest absolute Gasteiger partial charge is 0.374 e. The van der Waals surface area contributed by atoms with Crippen molar-refractivity contribution in [2.45, 2.75) is 19.8 Å². The molecule has 0 spiro atoms. The van der Waals surface area contributed by atoms with Gasteiger partial charge in [0.1, 0.15) is 5.58 Å². The summed E-state index contributed by atoms with van der Waals surface area (Å²) in [7, 11) is 0. The molecule has 2 aromatic carbocycles. The number of esters is 2. The molecule has 1 aromatic heterocycles. The molecule has 0 radical (unpaired) electrons. The Bertz CT molecular complexity index is 1150. The molecule has 8 nitrogen and oxygen atoms in total. The molecule has 160 valence electrons. The first kappa shape index (κ1) is 21.8. The van der Waals surface area contributed by atoms with Gasteiger partial charge in [0.2, 0.25) is 5.76 Å². The fourth-order valence-electron chi connectivity index (χ4n) is 2.69. The van der Waals surface area contributed by atoms with Gasteiger partial charge in [-0.2, -0.15) is 0 Å². The number of carbonyl (C=O) groups is 3. The number of anilines is 1. The summed E-state index contributed by atoms with van der Waals surface area (Å²) in [6.07, 6.45) is 1.72. The number of fused-ring (bicyclic) bond motifs is 1. The third-order valence-corrected chi connectivity index (χ3v) is 4.31. The first-order chi connectivity index (χ1) is 15.0. The molecule has 0 atom stereocenters. The lowest BCUT2D eigenvalue weighted by atomic mass is 10.2. The highest BCUT2D eigenvalue weighted by atomic mass is 16.5. The SMILES string of the molecule is CCCCOC(=O)c1ccc(NC(=O)COC(=O)c2cc(=O)c3ccccc3o2)cc1. The van der Waals surface area contributed by atoms with Crippen LogP contribution in [0.1, 0.15) is 40.7 Å². The molecule has 0 unspecified atom stereocenters. The second-order valence-electron chi connectivity index (χ2n) is 6.66. The lowest BCUT2D eigenvalue weighted by molar-refractivity contribution is -0.119. The van der Waals surface area contributed by atoms with Gasteiger partial charge in [0, 0.05) is 11.8 Å². The second-order valence-corrected chi connectivity index (χ2v) is 6.66. The Morgan fingerprint density at radius 1 is 0.968 bits per heavy atom. The zero-order valence-corrected chi connectivity index (χ0v) is 16.9. The summed E-state index contributed by atoms with van der Waals surface area (Å²) in [5.41, 5.74) is 0.654. The highest BCUT2D eigenvalue weighted by Gasteiger charge is 2.15. The van der Waals surface area contributed by atoms with E-state index in [1.807, 2.05) is 6.92 Å². The van der Waals surface area contributed by atoms with E-state index in [1.165, 1.54) is 12.1 Å². The molecule has 3 aromatic rings. The maximum Gasteiger partial charge on any atom is 0.374 e. The van der Waals surface area contributed by atoms with Crippen molar-refractivity contribution in [3.8, 4) is 0 Å². The molecule has 8 heteroatoms. The maximum atomic E-state index is 12.1. The van der Waals surface area contributed by atoms with Crippen LogP contribution in [0.3, 0.4) is 0 Å². The molecule has 31 heavy (non-hydrogen) atoms. The van der Waals surface area contributed by atoms with Crippen LogP contribution in [0.5, 0.6) is 0 Å². The molecule has 0 aliphatic carbocycles. The average Bonchev–Trinajstić information content (AvgIpc) is 2.78. The van der Waals surface area contributed by atoms with Gasteiger partial charge in [-0.1, -0.05) is 25.5 Å². The summed E-state index contributed by atoms with van der Waals surface area (Å²) in [6, 6.07) is 13.7. The van der Waals surface area contributed by atoms with Gasteiger partial charge in [0.25, 0.3) is 5.91 Å². The number of para-hydroxylation sites is 1. The fourth-order valence-corrected chi connectivity index (χ4v) is 2.69. The van der Waals surface area contributed by atoms with Crippen LogP contribution in [-0.4, -0.2) is 31.1 Å². The van der Waals surface area contributed by atoms with Gasteiger partial charge in [-0.15, -0.1) is 0 Å². The zero-order valence-electron chi connectivity index (χ0n) is 16.9. The van der Waals surface area contributed by atoms with Gasteiger partial charge < -0.3 is 19.2 Å². The predicted octanol–water partition coefficient (Wildman–Crippen LogP) is 3.55. The van der Waals surface area contributed by atoms with Crippen molar-refractivity contribution in [3.05, 3.63) is 76.1 Å². The van der Waals surface area contributed by atoms with Gasteiger partial charge in [-0.3, -0.25) is 9.59 Å². The number of ether oxygens (including phenoxy) is 2. The van der Waals surface area contributed by atoms with E-state index in [9.17, 15) is 19.2 Å². The van der Waals surface area contributed by atoms with Gasteiger partial charge in [-0.05, 0) is 42.8 Å². The van der Waals surface area contributed by atoms with Gasteiger partial charge in [0.05, 0.1) is 17.6 Å². The first-order valence-electron chi connectivity index (χ1n) is 9.75. The minimum atomic E-state index is -0.928. The number of amides is 1. The van der Waals surface area contributed by atoms with E-state index in [-0.39, 0.29) is 16.8 Å². The number of rotatable bonds is 8. The second kappa shape index (κ2) is 10.2. The highest BCUT2D eigenvalue weighted by molar-refractivity contribution is 5.96. The summed E-state index contributed by atoms with van der Waals surface area (Å²) in [5, 5.41) is 2.89. The van der Waals surface area contributed by atoms with Gasteiger partial charge >= 0.3 is 11.9 Å². The molecule has 1 amide bonds. The van der Waals surface area contributed by atoms with Crippen molar-refractivity contribution in [1.29, 1.82) is 0 Å². The molecule has 1 N–H and O–H groups in total. The molecular weight excluding hydrogens is 402 g/mol. The van der Waals surface area contributed by atoms with Crippen LogP contribution < -0.4 is 10.7 Å². The van der Waals surface area contributed by atoms with Crippen molar-refractivity contribution in [2.24, 2.45) is 0 Å². The highest BCUT2D eigenvalue weighted by Crippen LogP contribution is 2.13. The van der Waals surface area contributed by atoms with Crippen molar-refractivity contribution in [1.82, 2.24) is 0 Å². The molecule has 0 fully saturated rings. The molecule has 0 saturated carbocycles. The quantitative estimate of drug-likeness (QED) is 0.436. The van der Waals surface area contributed by atoms with Crippen molar-refractivity contribution in [2.75, 3.05) is 18.5 Å². The Hall–Kier alpha value is -3.94. The first-order valence-corrected chi connectivity index (χ1v) is 9.75. The molecule has 0 bridgehead atoms. The van der Waals surface area contributed by atoms with E-state index in [4.69, 9.17) is 13.9 Å². The number of benzene rings is 2. The molecular formula is C23H21NO7. The third kappa shape index (κ3) is 5.79. The Morgan fingerprint density at radius 3 is 2.45 bits per heavy atom. The zero-order chi connectivity index (χ0) is 22.2. The average molecular weight is 423 g/mol. The van der Waals surface area contributed by atoms with Crippen molar-refractivity contribution >= 4 is 34.5 Å². The van der Waals surface area contributed by atoms with E-state index in [0.717, 1.165) is 18.9 Å². The Labute approximate surface area is 177 Å². The lowest BCUT2D eigenvalue weighted by Crippen LogP contribution is -2.21. The van der Waals surface area contributed by atoms with Crippen molar-refractivity contribution in [3.63, 3.8) is 0 Å². The molecule has 0 aliphatic heterocycles. The van der Waals surface area contributed by atoms with Crippen LogP contribution in [0.4, 0.5) is 5.69 Å². The fraction of sp³-hybridized carbons (Fsp3) is 0.217. The Morgan fingerprint density at radius 2 is 1.71 bits per heavy atom. The topological polar surface area (TPSA) is 112 Å². The standard InChI is InChI=1S/C23H21NO7/c1-2-3-12-29-22(27)15-8-10-16(11-9-15)24-21(26)14-30-23(28)20-13-18(25)17-6-4-5-7-19(17)31-20/h4-11,13H,2-3,12,14H2,1H3,(H,24,26). The molecule has 0 saturated heterocycles. The monoisotopic (exact) mass is 423 g/mol. The number of carbonyl (C=O) groups excluding carboxylic acids is 3. The summed E-state index contributed by atoms with van der Waals surface area (Å²) in [6.45, 7) is 1.78. The number of hydrogen-bond donors (Lipinski definition) is 1. The lowest BCUT2D eigenvalue weighted by Gasteiger charge is -2.08. The van der Waals surface area contributed by atoms with E-state index in [1.54, 1.807) is 36.4 Å². The molecule has 0 aliphatic rings. The predicted molar refractivity (Wildman–Crippen MR) is 113 cm³/mol. The van der Waals surface area contributed by atoms with Crippen molar-refractivity contribution < 1.29 is 28.3 Å². The van der Waals surface area contributed by atoms with E-state index in [2.05, 4.69) is 5.32 Å². The number of unbranched alkanes of at least 4 members (excludes halogenated alkanes) is 1. The summed E-state index contributed by atoms with van der Waals surface area (Å²) >= 11 is 0. The summed E-state index contributed by atoms with van der Waals surface area (Å²) in [4.78, 5) is 48.1. The van der Waals surface area contributed by atoms with E-state index >= 15 is 0 Å². The number of hydrogen-bond acceptors (Lipinski definition) is 7. The maximum absolute atomic E-state index is 12.1. The van der Waals surface area contributed by atoms with E-state index < -0.39 is 24.5 Å². The van der Waals surface area contributed by atoms with Crippen LogP contribution in [0, 0.1) is 0 Å². The van der Waals surface area contributed by atoms with E-state index in [0.29, 0.717) is 23.2 Å². The van der Waals surface area contributed by atoms with Crippen LogP contribution in [0.15, 0.2) is 63.8 Å². The Balaban J connectivity index is 1.53. The van der Waals surface area contributed by atoms with Crippen LogP contribution in [0.25, 0.3) is 11.0 Å². The van der Waals surface area contributed by atoms with Crippen LogP contribution in [-0.2, 0) is 14.3 Å². The normalized spacial score (nSPS) is 10.5. The summed E-state index contributed by atoms with van der Waals surface area (Å²) < 4.78 is 15.4. The minimum absolute atomic E-state index is 0.250. The summed E-state index contributed by atoms with van der Waals surface area (Å²) in [5.74, 6) is -2.24.